The van der Waals surface area contributed by atoms with Crippen LogP contribution in [0.5, 0.6) is 0 Å². The van der Waals surface area contributed by atoms with Gasteiger partial charge in [0.05, 0.1) is 24.9 Å². The highest BCUT2D eigenvalue weighted by Gasteiger charge is 2.43. The Labute approximate surface area is 89.4 Å². The normalized spacial score (nSPS) is 45.6. The van der Waals surface area contributed by atoms with Crippen molar-refractivity contribution in [2.24, 2.45) is 0 Å². The van der Waals surface area contributed by atoms with Crippen LogP contribution in [0.2, 0.25) is 0 Å². The van der Waals surface area contributed by atoms with E-state index < -0.39 is 18.0 Å². The summed E-state index contributed by atoms with van der Waals surface area (Å²) in [4.78, 5) is 0. The van der Waals surface area contributed by atoms with Gasteiger partial charge in [-0.3, -0.25) is 0 Å². The number of piperidine rings is 1. The molecule has 0 aromatic heterocycles. The zero-order valence-electron chi connectivity index (χ0n) is 9.14. The monoisotopic (exact) mass is 217 g/mol. The second-order valence-electron chi connectivity index (χ2n) is 4.69. The Hall–Kier alpha value is -0.200. The summed E-state index contributed by atoms with van der Waals surface area (Å²) in [7, 11) is 0. The van der Waals surface area contributed by atoms with Crippen LogP contribution in [0.1, 0.15) is 20.3 Å². The van der Waals surface area contributed by atoms with Crippen molar-refractivity contribution in [3.8, 4) is 0 Å². The fourth-order valence-corrected chi connectivity index (χ4v) is 2.17. The van der Waals surface area contributed by atoms with E-state index in [1.807, 2.05) is 13.8 Å². The van der Waals surface area contributed by atoms with Crippen LogP contribution >= 0.6 is 0 Å². The molecule has 4 atom stereocenters. The molecule has 5 heteroatoms. The maximum atomic E-state index is 9.82. The van der Waals surface area contributed by atoms with Crippen LogP contribution in [-0.2, 0) is 9.47 Å². The minimum absolute atomic E-state index is 0.190. The number of nitrogens with one attached hydrogen (secondary N) is 1. The molecular formula is C10H19NO4. The summed E-state index contributed by atoms with van der Waals surface area (Å²) < 4.78 is 11.1. The lowest BCUT2D eigenvalue weighted by Crippen LogP contribution is -2.58. The molecular weight excluding hydrogens is 198 g/mol. The molecule has 0 saturated carbocycles. The van der Waals surface area contributed by atoms with E-state index in [1.165, 1.54) is 0 Å². The van der Waals surface area contributed by atoms with E-state index in [0.29, 0.717) is 19.6 Å². The molecule has 2 aliphatic heterocycles. The average Bonchev–Trinajstić information content (AvgIpc) is 2.51. The van der Waals surface area contributed by atoms with E-state index in [1.54, 1.807) is 0 Å². The highest BCUT2D eigenvalue weighted by Crippen LogP contribution is 2.27. The first-order chi connectivity index (χ1) is 6.99. The molecule has 0 aromatic carbocycles. The summed E-state index contributed by atoms with van der Waals surface area (Å²) in [5.74, 6) is -0.589. The first-order valence-corrected chi connectivity index (χ1v) is 5.41. The number of rotatable bonds is 1. The van der Waals surface area contributed by atoms with Gasteiger partial charge >= 0.3 is 0 Å². The van der Waals surface area contributed by atoms with Crippen LogP contribution in [-0.4, -0.2) is 53.5 Å². The van der Waals surface area contributed by atoms with E-state index in [4.69, 9.17) is 9.47 Å². The van der Waals surface area contributed by atoms with Crippen LogP contribution < -0.4 is 5.32 Å². The third kappa shape index (κ3) is 2.32. The Bertz CT molecular complexity index is 233. The first-order valence-electron chi connectivity index (χ1n) is 5.41. The smallest absolute Gasteiger partial charge is 0.163 e. The minimum Gasteiger partial charge on any atom is -0.390 e. The number of aliphatic hydroxyl groups is 2. The van der Waals surface area contributed by atoms with E-state index in [9.17, 15) is 10.2 Å². The SMILES string of the molecule is CC1(C)OC[C@H]([C@H]2NCC[C@@H](O)[C@@H]2O)O1. The fourth-order valence-electron chi connectivity index (χ4n) is 2.17. The Kier molecular flexibility index (Phi) is 3.00. The lowest BCUT2D eigenvalue weighted by atomic mass is 9.94. The van der Waals surface area contributed by atoms with Gasteiger partial charge in [0.2, 0.25) is 0 Å². The third-order valence-electron chi connectivity index (χ3n) is 3.01. The molecule has 2 rings (SSSR count). The summed E-state index contributed by atoms with van der Waals surface area (Å²) in [6, 6.07) is -0.240. The van der Waals surface area contributed by atoms with Crippen LogP contribution in [0.3, 0.4) is 0 Å². The summed E-state index contributed by atoms with van der Waals surface area (Å²) in [6.07, 6.45) is -1.05. The lowest BCUT2D eigenvalue weighted by Gasteiger charge is -2.35. The van der Waals surface area contributed by atoms with Crippen molar-refractivity contribution in [1.29, 1.82) is 0 Å². The molecule has 0 aliphatic carbocycles. The zero-order valence-corrected chi connectivity index (χ0v) is 9.14. The van der Waals surface area contributed by atoms with Crippen LogP contribution in [0.25, 0.3) is 0 Å². The molecule has 5 nitrogen and oxygen atoms in total. The molecule has 2 heterocycles. The quantitative estimate of drug-likeness (QED) is 0.537. The van der Waals surface area contributed by atoms with Gasteiger partial charge in [-0.1, -0.05) is 0 Å². The zero-order chi connectivity index (χ0) is 11.1. The first kappa shape index (κ1) is 11.3. The van der Waals surface area contributed by atoms with Gasteiger partial charge in [0, 0.05) is 0 Å². The molecule has 0 amide bonds. The van der Waals surface area contributed by atoms with Crippen LogP contribution in [0, 0.1) is 0 Å². The molecule has 2 fully saturated rings. The molecule has 3 N–H and O–H groups in total. The number of hydrogen-bond donors (Lipinski definition) is 3. The van der Waals surface area contributed by atoms with Crippen molar-refractivity contribution in [2.75, 3.05) is 13.2 Å². The molecule has 0 bridgehead atoms. The van der Waals surface area contributed by atoms with E-state index in [2.05, 4.69) is 5.32 Å². The molecule has 0 aromatic rings. The molecule has 2 saturated heterocycles. The van der Waals surface area contributed by atoms with Crippen molar-refractivity contribution in [3.63, 3.8) is 0 Å². The van der Waals surface area contributed by atoms with Crippen molar-refractivity contribution in [3.05, 3.63) is 0 Å². The molecule has 88 valence electrons. The topological polar surface area (TPSA) is 71.0 Å². The molecule has 2 aliphatic rings. The van der Waals surface area contributed by atoms with Crippen molar-refractivity contribution < 1.29 is 19.7 Å². The van der Waals surface area contributed by atoms with Gasteiger partial charge in [-0.15, -0.1) is 0 Å². The van der Waals surface area contributed by atoms with Crippen molar-refractivity contribution in [1.82, 2.24) is 5.32 Å². The summed E-state index contributed by atoms with van der Waals surface area (Å²) >= 11 is 0. The average molecular weight is 217 g/mol. The van der Waals surface area contributed by atoms with Crippen LogP contribution in [0.4, 0.5) is 0 Å². The fraction of sp³-hybridized carbons (Fsp3) is 1.00. The van der Waals surface area contributed by atoms with Crippen molar-refractivity contribution in [2.45, 2.75) is 50.4 Å². The van der Waals surface area contributed by atoms with Gasteiger partial charge in [0.25, 0.3) is 0 Å². The Morgan fingerprint density at radius 1 is 1.33 bits per heavy atom. The Morgan fingerprint density at radius 3 is 2.67 bits per heavy atom. The molecule has 0 spiro atoms. The third-order valence-corrected chi connectivity index (χ3v) is 3.01. The largest absolute Gasteiger partial charge is 0.390 e. The standard InChI is InChI=1S/C10H19NO4/c1-10(2)14-5-7(15-10)8-9(13)6(12)3-4-11-8/h6-9,11-13H,3-5H2,1-2H3/t6-,7-,8-,9+/m1/s1. The molecule has 0 radical (unpaired) electrons. The van der Waals surface area contributed by atoms with Gasteiger partial charge in [0.15, 0.2) is 5.79 Å². The second-order valence-corrected chi connectivity index (χ2v) is 4.69. The minimum atomic E-state index is -0.777. The number of ether oxygens (including phenoxy) is 2. The Balaban J connectivity index is 1.98. The number of hydrogen-bond acceptors (Lipinski definition) is 5. The predicted octanol–water partition coefficient (Wildman–Crippen LogP) is -0.778. The van der Waals surface area contributed by atoms with Gasteiger partial charge < -0.3 is 25.0 Å². The van der Waals surface area contributed by atoms with Gasteiger partial charge in [-0.25, -0.2) is 0 Å². The van der Waals surface area contributed by atoms with E-state index >= 15 is 0 Å². The summed E-state index contributed by atoms with van der Waals surface area (Å²) in [6.45, 7) is 4.84. The highest BCUT2D eigenvalue weighted by atomic mass is 16.7. The molecule has 15 heavy (non-hydrogen) atoms. The van der Waals surface area contributed by atoms with Crippen molar-refractivity contribution >= 4 is 0 Å². The molecule has 0 unspecified atom stereocenters. The number of aliphatic hydroxyl groups excluding tert-OH is 2. The van der Waals surface area contributed by atoms with Gasteiger partial charge in [-0.2, -0.15) is 0 Å². The predicted molar refractivity (Wildman–Crippen MR) is 53.3 cm³/mol. The van der Waals surface area contributed by atoms with E-state index in [-0.39, 0.29) is 12.1 Å². The maximum absolute atomic E-state index is 9.82. The lowest BCUT2D eigenvalue weighted by molar-refractivity contribution is -0.151. The summed E-state index contributed by atoms with van der Waals surface area (Å²) in [5.41, 5.74) is 0. The van der Waals surface area contributed by atoms with E-state index in [0.717, 1.165) is 0 Å². The maximum Gasteiger partial charge on any atom is 0.163 e. The van der Waals surface area contributed by atoms with Gasteiger partial charge in [-0.05, 0) is 26.8 Å². The van der Waals surface area contributed by atoms with Crippen LogP contribution in [0.15, 0.2) is 0 Å². The Morgan fingerprint density at radius 2 is 2.07 bits per heavy atom. The second kappa shape index (κ2) is 3.99. The van der Waals surface area contributed by atoms with Gasteiger partial charge in [0.1, 0.15) is 6.10 Å². The highest BCUT2D eigenvalue weighted by molar-refractivity contribution is 4.94. The summed E-state index contributed by atoms with van der Waals surface area (Å²) in [5, 5.41) is 22.5.